The summed E-state index contributed by atoms with van der Waals surface area (Å²) in [6, 6.07) is 0. The molecule has 0 spiro atoms. The minimum atomic E-state index is -1.76. The van der Waals surface area contributed by atoms with Crippen LogP contribution in [0, 0.1) is 29.1 Å². The third-order valence-corrected chi connectivity index (χ3v) is 7.05. The fourth-order valence-corrected chi connectivity index (χ4v) is 5.26. The van der Waals surface area contributed by atoms with Crippen molar-refractivity contribution in [2.45, 2.75) is 71.5 Å². The van der Waals surface area contributed by atoms with Crippen LogP contribution in [-0.4, -0.2) is 33.0 Å². The lowest BCUT2D eigenvalue weighted by atomic mass is 9.74. The van der Waals surface area contributed by atoms with Crippen molar-refractivity contribution in [3.8, 4) is 0 Å². The van der Waals surface area contributed by atoms with E-state index in [1.54, 1.807) is 13.8 Å². The van der Waals surface area contributed by atoms with E-state index in [1.807, 2.05) is 6.92 Å². The first kappa shape index (κ1) is 17.8. The van der Waals surface area contributed by atoms with Crippen molar-refractivity contribution in [2.75, 3.05) is 0 Å². The quantitative estimate of drug-likeness (QED) is 0.714. The van der Waals surface area contributed by atoms with Crippen LogP contribution in [0.3, 0.4) is 0 Å². The molecule has 6 atom stereocenters. The highest BCUT2D eigenvalue weighted by Crippen LogP contribution is 2.63. The van der Waals surface area contributed by atoms with Gasteiger partial charge in [-0.05, 0) is 68.4 Å². The molecular weight excluding hydrogens is 304 g/mol. The fraction of sp³-hybridized carbons (Fsp3) is 0.800. The summed E-state index contributed by atoms with van der Waals surface area (Å²) in [6.45, 7) is 9.68. The van der Waals surface area contributed by atoms with Crippen LogP contribution < -0.4 is 0 Å². The second-order valence-electron chi connectivity index (χ2n) is 9.34. The molecule has 0 amide bonds. The summed E-state index contributed by atoms with van der Waals surface area (Å²) in [4.78, 5) is 25.5. The molecule has 0 saturated heterocycles. The van der Waals surface area contributed by atoms with Crippen LogP contribution >= 0.6 is 0 Å². The molecular formula is C20H30O4. The molecule has 0 aromatic heterocycles. The maximum atomic E-state index is 13.0. The van der Waals surface area contributed by atoms with Crippen LogP contribution in [0.1, 0.15) is 60.3 Å². The van der Waals surface area contributed by atoms with Gasteiger partial charge in [-0.1, -0.05) is 20.8 Å². The Kier molecular flexibility index (Phi) is 3.89. The highest BCUT2D eigenvalue weighted by molar-refractivity contribution is 6.08. The standard InChI is InChI=1S/C20H30O4/c1-11-8-14-13(18(14,3)4)6-7-19(5,23)10-15-16(21)12(2)9-20(15,24)17(11)22/h9,11,13-15,23-24H,6-8,10H2,1-5H3/t11-,13+,14+,15+,19+,20+/m1/s1. The van der Waals surface area contributed by atoms with Gasteiger partial charge in [0.05, 0.1) is 11.5 Å². The second-order valence-corrected chi connectivity index (χ2v) is 9.34. The smallest absolute Gasteiger partial charge is 0.171 e. The Morgan fingerprint density at radius 3 is 2.38 bits per heavy atom. The van der Waals surface area contributed by atoms with E-state index in [0.29, 0.717) is 23.8 Å². The molecule has 2 N–H and O–H groups in total. The maximum absolute atomic E-state index is 13.0. The van der Waals surface area contributed by atoms with Crippen molar-refractivity contribution < 1.29 is 19.8 Å². The summed E-state index contributed by atoms with van der Waals surface area (Å²) < 4.78 is 0. The topological polar surface area (TPSA) is 74.6 Å². The minimum absolute atomic E-state index is 0.131. The van der Waals surface area contributed by atoms with E-state index in [4.69, 9.17) is 0 Å². The van der Waals surface area contributed by atoms with Gasteiger partial charge in [0.1, 0.15) is 0 Å². The average molecular weight is 334 g/mol. The van der Waals surface area contributed by atoms with Gasteiger partial charge in [0, 0.05) is 5.92 Å². The predicted molar refractivity (Wildman–Crippen MR) is 91.2 cm³/mol. The molecule has 4 heteroatoms. The third kappa shape index (κ3) is 2.59. The number of aliphatic hydroxyl groups is 2. The Morgan fingerprint density at radius 1 is 1.12 bits per heavy atom. The van der Waals surface area contributed by atoms with E-state index >= 15 is 0 Å². The normalized spacial score (nSPS) is 48.2. The van der Waals surface area contributed by atoms with Gasteiger partial charge < -0.3 is 10.2 Å². The zero-order valence-electron chi connectivity index (χ0n) is 15.4. The number of carbonyl (C=O) groups excluding carboxylic acids is 2. The molecule has 3 aliphatic carbocycles. The first-order valence-electron chi connectivity index (χ1n) is 9.13. The van der Waals surface area contributed by atoms with Crippen molar-refractivity contribution in [3.05, 3.63) is 11.6 Å². The third-order valence-electron chi connectivity index (χ3n) is 7.05. The Balaban J connectivity index is 1.98. The first-order valence-corrected chi connectivity index (χ1v) is 9.13. The summed E-state index contributed by atoms with van der Waals surface area (Å²) in [6.07, 6.45) is 3.81. The number of ketones is 2. The number of fused-ring (bicyclic) bond motifs is 2. The number of hydrogen-bond donors (Lipinski definition) is 2. The lowest BCUT2D eigenvalue weighted by Crippen LogP contribution is -2.49. The van der Waals surface area contributed by atoms with Crippen molar-refractivity contribution in [2.24, 2.45) is 29.1 Å². The van der Waals surface area contributed by atoms with Crippen molar-refractivity contribution in [1.29, 1.82) is 0 Å². The number of carbonyl (C=O) groups is 2. The van der Waals surface area contributed by atoms with Crippen molar-refractivity contribution >= 4 is 11.6 Å². The highest BCUT2D eigenvalue weighted by atomic mass is 16.3. The lowest BCUT2D eigenvalue weighted by Gasteiger charge is -2.34. The summed E-state index contributed by atoms with van der Waals surface area (Å²) >= 11 is 0. The van der Waals surface area contributed by atoms with E-state index in [0.717, 1.165) is 12.8 Å². The van der Waals surface area contributed by atoms with Gasteiger partial charge in [0.15, 0.2) is 17.2 Å². The number of rotatable bonds is 0. The molecule has 0 aromatic carbocycles. The summed E-state index contributed by atoms with van der Waals surface area (Å²) in [5.74, 6) is -0.677. The van der Waals surface area contributed by atoms with Crippen molar-refractivity contribution in [3.63, 3.8) is 0 Å². The summed E-state index contributed by atoms with van der Waals surface area (Å²) in [7, 11) is 0. The molecule has 4 nitrogen and oxygen atoms in total. The number of Topliss-reactive ketones (excluding diaryl/α,β-unsaturated/α-hetero) is 2. The fourth-order valence-electron chi connectivity index (χ4n) is 5.26. The van der Waals surface area contributed by atoms with Gasteiger partial charge in [-0.15, -0.1) is 0 Å². The van der Waals surface area contributed by atoms with E-state index in [2.05, 4.69) is 13.8 Å². The molecule has 0 aromatic rings. The Hall–Kier alpha value is -1.00. The maximum Gasteiger partial charge on any atom is 0.171 e. The van der Waals surface area contributed by atoms with Gasteiger partial charge in [0.25, 0.3) is 0 Å². The van der Waals surface area contributed by atoms with Gasteiger partial charge in [-0.2, -0.15) is 0 Å². The number of allylic oxidation sites excluding steroid dienone is 1. The van der Waals surface area contributed by atoms with Gasteiger partial charge in [-0.25, -0.2) is 0 Å². The van der Waals surface area contributed by atoms with Crippen LogP contribution in [0.4, 0.5) is 0 Å². The van der Waals surface area contributed by atoms with Crippen LogP contribution in [0.2, 0.25) is 0 Å². The van der Waals surface area contributed by atoms with Crippen LogP contribution in [0.25, 0.3) is 0 Å². The van der Waals surface area contributed by atoms with Crippen LogP contribution in [0.15, 0.2) is 11.6 Å². The van der Waals surface area contributed by atoms with Crippen molar-refractivity contribution in [1.82, 2.24) is 0 Å². The van der Waals surface area contributed by atoms with E-state index < -0.39 is 17.1 Å². The first-order chi connectivity index (χ1) is 10.9. The van der Waals surface area contributed by atoms with Gasteiger partial charge in [0.2, 0.25) is 0 Å². The molecule has 0 unspecified atom stereocenters. The zero-order chi connectivity index (χ0) is 18.1. The molecule has 0 bridgehead atoms. The molecule has 3 aliphatic rings. The zero-order valence-corrected chi connectivity index (χ0v) is 15.4. The molecule has 0 aliphatic heterocycles. The van der Waals surface area contributed by atoms with E-state index in [9.17, 15) is 19.8 Å². The minimum Gasteiger partial charge on any atom is -0.390 e. The lowest BCUT2D eigenvalue weighted by molar-refractivity contribution is -0.147. The highest BCUT2D eigenvalue weighted by Gasteiger charge is 2.60. The SMILES string of the molecule is CC1=C[C@@]2(O)C(=O)[C@H](C)C[C@H]3[C@H](CC[C@](C)(O)C[C@H]2C1=O)C3(C)C. The Labute approximate surface area is 144 Å². The molecule has 134 valence electrons. The second kappa shape index (κ2) is 5.25. The Morgan fingerprint density at radius 2 is 1.75 bits per heavy atom. The molecule has 2 saturated carbocycles. The monoisotopic (exact) mass is 334 g/mol. The number of hydrogen-bond acceptors (Lipinski definition) is 4. The van der Waals surface area contributed by atoms with Gasteiger partial charge >= 0.3 is 0 Å². The molecule has 3 rings (SSSR count). The average Bonchev–Trinajstić information content (AvgIpc) is 2.91. The largest absolute Gasteiger partial charge is 0.390 e. The molecule has 24 heavy (non-hydrogen) atoms. The molecule has 0 radical (unpaired) electrons. The summed E-state index contributed by atoms with van der Waals surface area (Å²) in [5.41, 5.74) is -2.20. The predicted octanol–water partition coefficient (Wildman–Crippen LogP) is 2.67. The van der Waals surface area contributed by atoms with E-state index in [1.165, 1.54) is 6.08 Å². The van der Waals surface area contributed by atoms with Gasteiger partial charge in [-0.3, -0.25) is 9.59 Å². The van der Waals surface area contributed by atoms with Crippen LogP contribution in [0.5, 0.6) is 0 Å². The summed E-state index contributed by atoms with van der Waals surface area (Å²) in [5, 5.41) is 21.9. The van der Waals surface area contributed by atoms with Crippen LogP contribution in [-0.2, 0) is 9.59 Å². The Bertz CT molecular complexity index is 615. The molecule has 2 fully saturated rings. The molecule has 0 heterocycles. The van der Waals surface area contributed by atoms with E-state index in [-0.39, 0.29) is 29.3 Å².